The number of nitrogens with zero attached hydrogens (tertiary/aromatic N) is 1. The highest BCUT2D eigenvalue weighted by Gasteiger charge is 2.06. The molecule has 3 rings (SSSR count). The smallest absolute Gasteiger partial charge is 0.331 e. The number of ether oxygens (including phenoxy) is 1. The van der Waals surface area contributed by atoms with Crippen molar-refractivity contribution >= 4 is 39.5 Å². The minimum absolute atomic E-state index is 0.298. The second-order valence-corrected chi connectivity index (χ2v) is 6.75. The maximum Gasteiger partial charge on any atom is 0.331 e. The van der Waals surface area contributed by atoms with Crippen LogP contribution in [0.4, 0.5) is 4.39 Å². The number of carbonyl (C=O) groups excluding carboxylic acids is 2. The van der Waals surface area contributed by atoms with Gasteiger partial charge in [0, 0.05) is 12.6 Å². The van der Waals surface area contributed by atoms with Crippen molar-refractivity contribution in [1.29, 1.82) is 0 Å². The van der Waals surface area contributed by atoms with E-state index in [2.05, 4.69) is 10.3 Å². The molecule has 0 radical (unpaired) electrons. The average Bonchev–Trinajstić information content (AvgIpc) is 3.09. The van der Waals surface area contributed by atoms with Gasteiger partial charge in [-0.05, 0) is 42.3 Å². The summed E-state index contributed by atoms with van der Waals surface area (Å²) < 4.78 is 18.8. The van der Waals surface area contributed by atoms with Crippen LogP contribution in [-0.2, 0) is 20.7 Å². The van der Waals surface area contributed by atoms with E-state index in [0.29, 0.717) is 18.0 Å². The molecule has 0 fully saturated rings. The number of nitrogens with one attached hydrogen (secondary N) is 1. The molecule has 0 unspecified atom stereocenters. The minimum atomic E-state index is -0.608. The monoisotopic (exact) mass is 384 g/mol. The lowest BCUT2D eigenvalue weighted by atomic mass is 10.1. The Bertz CT molecular complexity index is 934. The molecule has 1 heterocycles. The molecule has 1 amide bonds. The molecule has 7 heteroatoms. The number of rotatable bonds is 7. The second-order valence-electron chi connectivity index (χ2n) is 5.69. The molecule has 0 saturated heterocycles. The van der Waals surface area contributed by atoms with Gasteiger partial charge < -0.3 is 10.1 Å². The summed E-state index contributed by atoms with van der Waals surface area (Å²) in [5, 5.41) is 3.34. The first-order valence-corrected chi connectivity index (χ1v) is 9.13. The van der Waals surface area contributed by atoms with Crippen molar-refractivity contribution < 1.29 is 18.7 Å². The van der Waals surface area contributed by atoms with Gasteiger partial charge in [-0.3, -0.25) is 4.79 Å². The number of carbonyl (C=O) groups is 2. The van der Waals surface area contributed by atoms with Crippen LogP contribution in [0.1, 0.15) is 10.6 Å². The van der Waals surface area contributed by atoms with Crippen LogP contribution in [0.2, 0.25) is 0 Å². The lowest BCUT2D eigenvalue weighted by Gasteiger charge is -2.05. The Morgan fingerprint density at radius 2 is 1.93 bits per heavy atom. The standard InChI is InChI=1S/C20H17FN2O3S/c21-15-7-5-14(6-8-15)11-12-22-18(24)13-26-20(25)10-9-19-23-16-3-1-2-4-17(16)27-19/h1-10H,11-13H2,(H,22,24)/b10-9+. The summed E-state index contributed by atoms with van der Waals surface area (Å²) in [4.78, 5) is 27.8. The zero-order valence-corrected chi connectivity index (χ0v) is 15.2. The van der Waals surface area contributed by atoms with Crippen molar-refractivity contribution in [2.45, 2.75) is 6.42 Å². The first-order valence-electron chi connectivity index (χ1n) is 8.32. The predicted molar refractivity (Wildman–Crippen MR) is 103 cm³/mol. The highest BCUT2D eigenvalue weighted by Crippen LogP contribution is 2.22. The predicted octanol–water partition coefficient (Wildman–Crippen LogP) is 3.35. The number of aromatic nitrogens is 1. The van der Waals surface area contributed by atoms with Gasteiger partial charge >= 0.3 is 5.97 Å². The zero-order valence-electron chi connectivity index (χ0n) is 14.4. The molecule has 2 aromatic carbocycles. The molecule has 0 aliphatic carbocycles. The molecule has 0 bridgehead atoms. The summed E-state index contributed by atoms with van der Waals surface area (Å²) in [5.41, 5.74) is 1.78. The summed E-state index contributed by atoms with van der Waals surface area (Å²) in [6, 6.07) is 13.8. The van der Waals surface area contributed by atoms with Gasteiger partial charge in [-0.15, -0.1) is 11.3 Å². The fraction of sp³-hybridized carbons (Fsp3) is 0.150. The van der Waals surface area contributed by atoms with Crippen LogP contribution in [0, 0.1) is 5.82 Å². The van der Waals surface area contributed by atoms with Crippen LogP contribution < -0.4 is 5.32 Å². The van der Waals surface area contributed by atoms with Crippen molar-refractivity contribution in [2.24, 2.45) is 0 Å². The Morgan fingerprint density at radius 1 is 1.15 bits per heavy atom. The largest absolute Gasteiger partial charge is 0.452 e. The van der Waals surface area contributed by atoms with E-state index in [1.165, 1.54) is 29.5 Å². The van der Waals surface area contributed by atoms with Crippen LogP contribution >= 0.6 is 11.3 Å². The van der Waals surface area contributed by atoms with Crippen LogP contribution in [0.3, 0.4) is 0 Å². The number of thiazole rings is 1. The normalized spacial score (nSPS) is 11.0. The average molecular weight is 384 g/mol. The summed E-state index contributed by atoms with van der Waals surface area (Å²) in [7, 11) is 0. The molecule has 138 valence electrons. The summed E-state index contributed by atoms with van der Waals surface area (Å²) in [5.74, 6) is -1.30. The van der Waals surface area contributed by atoms with Gasteiger partial charge in [0.15, 0.2) is 6.61 Å². The molecule has 0 spiro atoms. The van der Waals surface area contributed by atoms with E-state index < -0.39 is 5.97 Å². The van der Waals surface area contributed by atoms with E-state index >= 15 is 0 Å². The molecule has 1 aromatic heterocycles. The molecular formula is C20H17FN2O3S. The van der Waals surface area contributed by atoms with Crippen molar-refractivity contribution in [1.82, 2.24) is 10.3 Å². The number of para-hydroxylation sites is 1. The number of benzene rings is 2. The van der Waals surface area contributed by atoms with Crippen LogP contribution in [0.25, 0.3) is 16.3 Å². The lowest BCUT2D eigenvalue weighted by Crippen LogP contribution is -2.30. The number of fused-ring (bicyclic) bond motifs is 1. The van der Waals surface area contributed by atoms with Crippen molar-refractivity contribution in [2.75, 3.05) is 13.2 Å². The van der Waals surface area contributed by atoms with E-state index in [1.54, 1.807) is 18.2 Å². The number of halogens is 1. The summed E-state index contributed by atoms with van der Waals surface area (Å²) in [6.45, 7) is 0.0238. The molecular weight excluding hydrogens is 367 g/mol. The summed E-state index contributed by atoms with van der Waals surface area (Å²) >= 11 is 1.47. The number of amides is 1. The Kier molecular flexibility index (Phi) is 6.27. The third kappa shape index (κ3) is 5.72. The van der Waals surface area contributed by atoms with Gasteiger partial charge in [-0.1, -0.05) is 24.3 Å². The number of hydrogen-bond donors (Lipinski definition) is 1. The van der Waals surface area contributed by atoms with E-state index in [0.717, 1.165) is 15.8 Å². The third-order valence-electron chi connectivity index (χ3n) is 3.67. The molecule has 0 saturated carbocycles. The van der Waals surface area contributed by atoms with Crippen LogP contribution in [0.15, 0.2) is 54.6 Å². The van der Waals surface area contributed by atoms with E-state index in [4.69, 9.17) is 4.74 Å². The molecule has 0 atom stereocenters. The fourth-order valence-corrected chi connectivity index (χ4v) is 3.20. The fourth-order valence-electron chi connectivity index (χ4n) is 2.33. The van der Waals surface area contributed by atoms with Gasteiger partial charge in [0.05, 0.1) is 10.2 Å². The third-order valence-corrected chi connectivity index (χ3v) is 4.67. The Hall–Kier alpha value is -3.06. The van der Waals surface area contributed by atoms with E-state index in [9.17, 15) is 14.0 Å². The Morgan fingerprint density at radius 3 is 2.70 bits per heavy atom. The molecule has 27 heavy (non-hydrogen) atoms. The van der Waals surface area contributed by atoms with Gasteiger partial charge in [0.1, 0.15) is 10.8 Å². The quantitative estimate of drug-likeness (QED) is 0.501. The number of esters is 1. The lowest BCUT2D eigenvalue weighted by molar-refractivity contribution is -0.143. The first kappa shape index (κ1) is 18.7. The maximum atomic E-state index is 12.8. The van der Waals surface area contributed by atoms with E-state index in [1.807, 2.05) is 24.3 Å². The SMILES string of the molecule is O=C(COC(=O)/C=C/c1nc2ccccc2s1)NCCc1ccc(F)cc1. The van der Waals surface area contributed by atoms with Crippen molar-refractivity contribution in [3.8, 4) is 0 Å². The van der Waals surface area contributed by atoms with E-state index in [-0.39, 0.29) is 18.3 Å². The van der Waals surface area contributed by atoms with Crippen LogP contribution in [0.5, 0.6) is 0 Å². The van der Waals surface area contributed by atoms with Gasteiger partial charge in [-0.25, -0.2) is 14.2 Å². The molecule has 5 nitrogen and oxygen atoms in total. The highest BCUT2D eigenvalue weighted by atomic mass is 32.1. The van der Waals surface area contributed by atoms with Crippen LogP contribution in [-0.4, -0.2) is 30.0 Å². The highest BCUT2D eigenvalue weighted by molar-refractivity contribution is 7.19. The Labute approximate surface area is 159 Å². The first-order chi connectivity index (χ1) is 13.1. The summed E-state index contributed by atoms with van der Waals surface area (Å²) in [6.07, 6.45) is 3.39. The molecule has 0 aliphatic heterocycles. The zero-order chi connectivity index (χ0) is 19.1. The Balaban J connectivity index is 1.39. The minimum Gasteiger partial charge on any atom is -0.452 e. The number of hydrogen-bond acceptors (Lipinski definition) is 5. The van der Waals surface area contributed by atoms with Gasteiger partial charge in [-0.2, -0.15) is 0 Å². The van der Waals surface area contributed by atoms with Gasteiger partial charge in [0.2, 0.25) is 0 Å². The van der Waals surface area contributed by atoms with Crippen molar-refractivity contribution in [3.05, 3.63) is 71.0 Å². The van der Waals surface area contributed by atoms with Gasteiger partial charge in [0.25, 0.3) is 5.91 Å². The second kappa shape index (κ2) is 9.05. The van der Waals surface area contributed by atoms with Crippen molar-refractivity contribution in [3.63, 3.8) is 0 Å². The molecule has 0 aliphatic rings. The topological polar surface area (TPSA) is 68.3 Å². The maximum absolute atomic E-state index is 12.8. The molecule has 1 N–H and O–H groups in total. The molecule has 3 aromatic rings.